The molecule has 7 heteroatoms. The van der Waals surface area contributed by atoms with Crippen molar-refractivity contribution in [1.82, 2.24) is 29.1 Å². The Labute approximate surface area is 259 Å². The molecule has 0 atom stereocenters. The first-order valence-corrected chi connectivity index (χ1v) is 15.1. The highest BCUT2D eigenvalue weighted by molar-refractivity contribution is 6.35. The third-order valence-corrected chi connectivity index (χ3v) is 9.76. The van der Waals surface area contributed by atoms with E-state index in [2.05, 4.69) is 116 Å². The molecular weight excluding hydrogens is 566 g/mol. The van der Waals surface area contributed by atoms with E-state index < -0.39 is 0 Å². The lowest BCUT2D eigenvalue weighted by Crippen LogP contribution is -2.03. The molecule has 4 heterocycles. The summed E-state index contributed by atoms with van der Waals surface area (Å²) in [7, 11) is 0. The summed E-state index contributed by atoms with van der Waals surface area (Å²) in [6.07, 6.45) is 7.03. The van der Waals surface area contributed by atoms with Crippen molar-refractivity contribution in [2.75, 3.05) is 0 Å². The number of hydrogen-bond donors (Lipinski definition) is 0. The molecular formula is C39H19N7. The lowest BCUT2D eigenvalue weighted by atomic mass is 9.98. The van der Waals surface area contributed by atoms with E-state index in [1.54, 1.807) is 12.7 Å². The second kappa shape index (κ2) is 8.29. The van der Waals surface area contributed by atoms with Crippen LogP contribution in [0.1, 0.15) is 5.56 Å². The van der Waals surface area contributed by atoms with Gasteiger partial charge in [-0.05, 0) is 47.2 Å². The number of benzene rings is 7. The van der Waals surface area contributed by atoms with Gasteiger partial charge < -0.3 is 9.13 Å². The van der Waals surface area contributed by atoms with Gasteiger partial charge in [0, 0.05) is 55.5 Å². The first-order chi connectivity index (χ1) is 22.8. The molecule has 0 N–H and O–H groups in total. The van der Waals surface area contributed by atoms with Crippen LogP contribution in [0.15, 0.2) is 116 Å². The standard InChI is InChI=1S/C39H19N7/c40-16-25-28(45-30-12-1-6-21-26-17-41-19-43-38(26)23-8-3-14-32(45)36(23)34(21)30)10-5-11-29(25)46-31-13-2-7-22-27-18-42-20-44-39(27)24-9-4-15-33(46)37(24)35(22)31/h1-15,17-20H. The summed E-state index contributed by atoms with van der Waals surface area (Å²) < 4.78 is 4.49. The van der Waals surface area contributed by atoms with E-state index in [1.165, 1.54) is 0 Å². The highest BCUT2D eigenvalue weighted by Crippen LogP contribution is 2.46. The number of fused-ring (bicyclic) bond motifs is 6. The third-order valence-electron chi connectivity index (χ3n) is 9.76. The fourth-order valence-corrected chi connectivity index (χ4v) is 8.08. The Hall–Kier alpha value is -6.65. The lowest BCUT2D eigenvalue weighted by molar-refractivity contribution is 1.12. The first kappa shape index (κ1) is 23.8. The normalized spacial score (nSPS) is 12.3. The molecule has 0 amide bonds. The molecule has 0 unspecified atom stereocenters. The van der Waals surface area contributed by atoms with Crippen molar-refractivity contribution in [3.05, 3.63) is 122 Å². The Morgan fingerprint density at radius 2 is 0.848 bits per heavy atom. The molecule has 0 bridgehead atoms. The van der Waals surface area contributed by atoms with E-state index in [-0.39, 0.29) is 0 Å². The molecule has 7 aromatic carbocycles. The highest BCUT2D eigenvalue weighted by atomic mass is 15.0. The van der Waals surface area contributed by atoms with Gasteiger partial charge in [0.25, 0.3) is 0 Å². The zero-order valence-corrected chi connectivity index (χ0v) is 24.1. The van der Waals surface area contributed by atoms with Crippen LogP contribution < -0.4 is 0 Å². The molecule has 11 rings (SSSR count). The summed E-state index contributed by atoms with van der Waals surface area (Å²) in [4.78, 5) is 18.1. The van der Waals surface area contributed by atoms with E-state index in [9.17, 15) is 5.26 Å². The summed E-state index contributed by atoms with van der Waals surface area (Å²) in [5.41, 5.74) is 8.29. The van der Waals surface area contributed by atoms with Crippen LogP contribution in [0.3, 0.4) is 0 Å². The van der Waals surface area contributed by atoms with Gasteiger partial charge >= 0.3 is 0 Å². The van der Waals surface area contributed by atoms with Crippen molar-refractivity contribution in [2.45, 2.75) is 0 Å². The van der Waals surface area contributed by atoms with Crippen LogP contribution in [0.2, 0.25) is 0 Å². The van der Waals surface area contributed by atoms with Crippen LogP contribution in [0.5, 0.6) is 0 Å². The maximum atomic E-state index is 11.0. The van der Waals surface area contributed by atoms with Gasteiger partial charge in [-0.2, -0.15) is 5.26 Å². The van der Waals surface area contributed by atoms with Crippen molar-refractivity contribution in [3.8, 4) is 17.4 Å². The van der Waals surface area contributed by atoms with E-state index in [4.69, 9.17) is 9.97 Å². The SMILES string of the molecule is N#Cc1c(-n2c3cccc4c5cncnc5c5cccc2c5c43)cccc1-n1c2cccc3c4cncnc4c4cccc1c4c32. The predicted octanol–water partition coefficient (Wildman–Crippen LogP) is 8.82. The first-order valence-electron chi connectivity index (χ1n) is 15.1. The average molecular weight is 586 g/mol. The van der Waals surface area contributed by atoms with Crippen LogP contribution in [0, 0.1) is 11.3 Å². The van der Waals surface area contributed by atoms with Crippen molar-refractivity contribution in [1.29, 1.82) is 5.26 Å². The van der Waals surface area contributed by atoms with Gasteiger partial charge in [-0.3, -0.25) is 0 Å². The number of rotatable bonds is 2. The summed E-state index contributed by atoms with van der Waals surface area (Å²) >= 11 is 0. The molecule has 210 valence electrons. The lowest BCUT2D eigenvalue weighted by Gasteiger charge is -2.15. The smallest absolute Gasteiger partial charge is 0.116 e. The van der Waals surface area contributed by atoms with Gasteiger partial charge in [-0.1, -0.05) is 54.6 Å². The summed E-state index contributed by atoms with van der Waals surface area (Å²) in [6.45, 7) is 0. The van der Waals surface area contributed by atoms with E-state index in [1.807, 2.05) is 12.4 Å². The zero-order chi connectivity index (χ0) is 30.1. The predicted molar refractivity (Wildman–Crippen MR) is 183 cm³/mol. The minimum absolute atomic E-state index is 0.597. The van der Waals surface area contributed by atoms with Gasteiger partial charge in [-0.15, -0.1) is 0 Å². The average Bonchev–Trinajstić information content (AvgIpc) is 3.64. The van der Waals surface area contributed by atoms with Crippen LogP contribution in [0.4, 0.5) is 0 Å². The minimum atomic E-state index is 0.597. The van der Waals surface area contributed by atoms with E-state index >= 15 is 0 Å². The van der Waals surface area contributed by atoms with Gasteiger partial charge in [0.1, 0.15) is 24.3 Å². The van der Waals surface area contributed by atoms with Crippen LogP contribution >= 0.6 is 0 Å². The number of nitrogens with zero attached hydrogens (tertiary/aromatic N) is 7. The van der Waals surface area contributed by atoms with E-state index in [0.717, 1.165) is 98.3 Å². The molecule has 0 aliphatic rings. The molecule has 0 saturated carbocycles. The molecule has 11 aromatic rings. The van der Waals surface area contributed by atoms with Gasteiger partial charge in [0.05, 0.1) is 44.5 Å². The molecule has 0 aliphatic heterocycles. The van der Waals surface area contributed by atoms with Gasteiger partial charge in [0.15, 0.2) is 0 Å². The molecule has 0 spiro atoms. The molecule has 0 saturated heterocycles. The summed E-state index contributed by atoms with van der Waals surface area (Å²) in [6, 6.07) is 34.2. The molecule has 4 aromatic heterocycles. The Morgan fingerprint density at radius 1 is 0.457 bits per heavy atom. The van der Waals surface area contributed by atoms with Crippen LogP contribution in [-0.2, 0) is 0 Å². The Balaban J connectivity index is 1.30. The van der Waals surface area contributed by atoms with Crippen molar-refractivity contribution >= 4 is 87.0 Å². The zero-order valence-electron chi connectivity index (χ0n) is 24.1. The largest absolute Gasteiger partial charge is 0.308 e. The second-order valence-electron chi connectivity index (χ2n) is 11.8. The maximum absolute atomic E-state index is 11.0. The second-order valence-corrected chi connectivity index (χ2v) is 11.8. The highest BCUT2D eigenvalue weighted by Gasteiger charge is 2.25. The quantitative estimate of drug-likeness (QED) is 0.189. The Bertz CT molecular complexity index is 2730. The fraction of sp³-hybridized carbons (Fsp3) is 0. The maximum Gasteiger partial charge on any atom is 0.116 e. The summed E-state index contributed by atoms with van der Waals surface area (Å²) in [5, 5.41) is 22.0. The number of nitriles is 1. The van der Waals surface area contributed by atoms with Gasteiger partial charge in [0.2, 0.25) is 0 Å². The Kier molecular flexibility index (Phi) is 4.28. The van der Waals surface area contributed by atoms with Gasteiger partial charge in [-0.25, -0.2) is 19.9 Å². The fourth-order valence-electron chi connectivity index (χ4n) is 8.08. The molecule has 0 radical (unpaired) electrons. The molecule has 46 heavy (non-hydrogen) atoms. The van der Waals surface area contributed by atoms with Crippen molar-refractivity contribution in [3.63, 3.8) is 0 Å². The third kappa shape index (κ3) is 2.69. The van der Waals surface area contributed by atoms with Crippen molar-refractivity contribution < 1.29 is 0 Å². The van der Waals surface area contributed by atoms with Crippen molar-refractivity contribution in [2.24, 2.45) is 0 Å². The van der Waals surface area contributed by atoms with E-state index in [0.29, 0.717) is 5.56 Å². The molecule has 0 aliphatic carbocycles. The van der Waals surface area contributed by atoms with Crippen LogP contribution in [-0.4, -0.2) is 29.1 Å². The minimum Gasteiger partial charge on any atom is -0.308 e. The topological polar surface area (TPSA) is 85.2 Å². The van der Waals surface area contributed by atoms with Crippen LogP contribution in [0.25, 0.3) is 98.3 Å². The monoisotopic (exact) mass is 585 g/mol. The summed E-state index contributed by atoms with van der Waals surface area (Å²) in [5.74, 6) is 0. The molecule has 0 fully saturated rings. The molecule has 7 nitrogen and oxygen atoms in total. The number of hydrogen-bond acceptors (Lipinski definition) is 5. The Morgan fingerprint density at radius 3 is 1.28 bits per heavy atom. The number of aromatic nitrogens is 6.